The van der Waals surface area contributed by atoms with E-state index < -0.39 is 0 Å². The predicted molar refractivity (Wildman–Crippen MR) is 77.7 cm³/mol. The molecule has 0 aromatic heterocycles. The summed E-state index contributed by atoms with van der Waals surface area (Å²) in [6, 6.07) is 11.3. The lowest BCUT2D eigenvalue weighted by Gasteiger charge is -2.26. The Morgan fingerprint density at radius 3 is 2.72 bits per heavy atom. The van der Waals surface area contributed by atoms with Gasteiger partial charge in [-0.15, -0.1) is 0 Å². The van der Waals surface area contributed by atoms with E-state index in [1.165, 1.54) is 38.6 Å². The van der Waals surface area contributed by atoms with Gasteiger partial charge in [-0.1, -0.05) is 49.4 Å². The molecule has 88 valence electrons. The maximum Gasteiger partial charge on any atom is -0.00673 e. The summed E-state index contributed by atoms with van der Waals surface area (Å²) < 4.78 is 0. The largest absolute Gasteiger partial charge is 0.0763 e. The number of hydrogen-bond donors (Lipinski definition) is 0. The van der Waals surface area contributed by atoms with Crippen LogP contribution in [0, 0.1) is 0 Å². The number of hydrogen-bond acceptors (Lipinski definition) is 0. The van der Waals surface area contributed by atoms with Gasteiger partial charge in [-0.3, -0.25) is 0 Å². The molecule has 0 spiro atoms. The van der Waals surface area contributed by atoms with E-state index in [0.717, 1.165) is 19.3 Å². The summed E-state index contributed by atoms with van der Waals surface area (Å²) in [7, 11) is 0. The molecule has 0 unspecified atom stereocenters. The monoisotopic (exact) mass is 232 g/mol. The fourth-order valence-corrected chi connectivity index (χ4v) is 3.43. The summed E-state index contributed by atoms with van der Waals surface area (Å²) in [5, 5.41) is 2.90. The molecule has 0 aliphatic heterocycles. The SMILES string of the molecule is CCC1=CCc2ccc3cccc4c3c2C1=CC4. The van der Waals surface area contributed by atoms with Gasteiger partial charge < -0.3 is 0 Å². The van der Waals surface area contributed by atoms with E-state index in [4.69, 9.17) is 0 Å². The molecule has 0 saturated heterocycles. The first-order chi connectivity index (χ1) is 8.88. The molecule has 0 nitrogen and oxygen atoms in total. The van der Waals surface area contributed by atoms with Gasteiger partial charge in [-0.25, -0.2) is 0 Å². The van der Waals surface area contributed by atoms with Crippen LogP contribution < -0.4 is 0 Å². The molecular formula is C18H16. The standard InChI is InChI=1S/C18H16/c1-2-12-6-7-15-9-8-13-4-3-5-14-10-11-16(12)18(15)17(13)14/h3-6,8-9,11H,2,7,10H2,1H3. The average molecular weight is 232 g/mol. The van der Waals surface area contributed by atoms with Crippen LogP contribution in [-0.4, -0.2) is 0 Å². The summed E-state index contributed by atoms with van der Waals surface area (Å²) in [4.78, 5) is 0. The van der Waals surface area contributed by atoms with Crippen LogP contribution in [-0.2, 0) is 12.8 Å². The van der Waals surface area contributed by atoms with Crippen molar-refractivity contribution in [1.82, 2.24) is 0 Å². The van der Waals surface area contributed by atoms with Crippen LogP contribution in [0.4, 0.5) is 0 Å². The highest BCUT2D eigenvalue weighted by molar-refractivity contribution is 6.03. The second kappa shape index (κ2) is 3.58. The molecule has 2 aromatic carbocycles. The van der Waals surface area contributed by atoms with Crippen LogP contribution in [0.5, 0.6) is 0 Å². The van der Waals surface area contributed by atoms with Crippen molar-refractivity contribution in [3.63, 3.8) is 0 Å². The molecule has 0 amide bonds. The van der Waals surface area contributed by atoms with Crippen LogP contribution in [0.1, 0.15) is 30.0 Å². The van der Waals surface area contributed by atoms with Crippen molar-refractivity contribution in [2.24, 2.45) is 0 Å². The zero-order valence-electron chi connectivity index (χ0n) is 10.7. The van der Waals surface area contributed by atoms with Crippen molar-refractivity contribution >= 4 is 16.3 Å². The molecule has 0 heteroatoms. The quantitative estimate of drug-likeness (QED) is 0.670. The Labute approximate surface area is 108 Å². The third-order valence-corrected chi connectivity index (χ3v) is 4.31. The molecule has 0 atom stereocenters. The second-order valence-electron chi connectivity index (χ2n) is 5.22. The van der Waals surface area contributed by atoms with Gasteiger partial charge in [0.2, 0.25) is 0 Å². The van der Waals surface area contributed by atoms with Crippen LogP contribution in [0.3, 0.4) is 0 Å². The molecule has 2 aliphatic carbocycles. The van der Waals surface area contributed by atoms with Crippen LogP contribution in [0.25, 0.3) is 16.3 Å². The molecule has 2 aromatic rings. The van der Waals surface area contributed by atoms with Gasteiger partial charge in [-0.05, 0) is 57.9 Å². The van der Waals surface area contributed by atoms with Crippen molar-refractivity contribution < 1.29 is 0 Å². The van der Waals surface area contributed by atoms with Crippen LogP contribution in [0.2, 0.25) is 0 Å². The van der Waals surface area contributed by atoms with Crippen LogP contribution in [0.15, 0.2) is 48.1 Å². The summed E-state index contributed by atoms with van der Waals surface area (Å²) >= 11 is 0. The molecule has 4 rings (SSSR count). The Kier molecular flexibility index (Phi) is 2.02. The summed E-state index contributed by atoms with van der Waals surface area (Å²) in [6.45, 7) is 2.26. The van der Waals surface area contributed by atoms with E-state index >= 15 is 0 Å². The first-order valence-electron chi connectivity index (χ1n) is 6.82. The Morgan fingerprint density at radius 1 is 0.944 bits per heavy atom. The van der Waals surface area contributed by atoms with E-state index in [-0.39, 0.29) is 0 Å². The van der Waals surface area contributed by atoms with Crippen molar-refractivity contribution in [2.45, 2.75) is 26.2 Å². The highest BCUT2D eigenvalue weighted by Crippen LogP contribution is 2.42. The van der Waals surface area contributed by atoms with Gasteiger partial charge in [0.25, 0.3) is 0 Å². The fourth-order valence-electron chi connectivity index (χ4n) is 3.43. The molecule has 0 heterocycles. The molecule has 2 aliphatic rings. The van der Waals surface area contributed by atoms with Gasteiger partial charge in [0.1, 0.15) is 0 Å². The lowest BCUT2D eigenvalue weighted by atomic mass is 9.78. The topological polar surface area (TPSA) is 0 Å². The van der Waals surface area contributed by atoms with Crippen molar-refractivity contribution in [3.05, 3.63) is 64.7 Å². The molecule has 0 N–H and O–H groups in total. The lowest BCUT2D eigenvalue weighted by Crippen LogP contribution is -2.08. The van der Waals surface area contributed by atoms with Crippen molar-refractivity contribution in [3.8, 4) is 0 Å². The zero-order chi connectivity index (χ0) is 12.1. The van der Waals surface area contributed by atoms with Gasteiger partial charge in [0.05, 0.1) is 0 Å². The Balaban J connectivity index is 2.13. The van der Waals surface area contributed by atoms with Crippen molar-refractivity contribution in [1.29, 1.82) is 0 Å². The first-order valence-corrected chi connectivity index (χ1v) is 6.82. The Bertz CT molecular complexity index is 714. The number of benzene rings is 2. The maximum absolute atomic E-state index is 2.43. The Hall–Kier alpha value is -1.82. The molecular weight excluding hydrogens is 216 g/mol. The smallest absolute Gasteiger partial charge is 0.00673 e. The minimum Gasteiger partial charge on any atom is -0.0763 e. The first kappa shape index (κ1) is 10.1. The van der Waals surface area contributed by atoms with E-state index in [9.17, 15) is 0 Å². The molecule has 0 bridgehead atoms. The maximum atomic E-state index is 2.43. The fraction of sp³-hybridized carbons (Fsp3) is 0.222. The Morgan fingerprint density at radius 2 is 1.83 bits per heavy atom. The average Bonchev–Trinajstić information content (AvgIpc) is 2.44. The predicted octanol–water partition coefficient (Wildman–Crippen LogP) is 4.67. The zero-order valence-corrected chi connectivity index (χ0v) is 10.7. The molecule has 0 saturated carbocycles. The van der Waals surface area contributed by atoms with Crippen LogP contribution >= 0.6 is 0 Å². The number of rotatable bonds is 1. The second-order valence-corrected chi connectivity index (χ2v) is 5.22. The lowest BCUT2D eigenvalue weighted by molar-refractivity contribution is 1.08. The number of allylic oxidation sites excluding steroid dienone is 4. The van der Waals surface area contributed by atoms with Gasteiger partial charge in [0, 0.05) is 0 Å². The van der Waals surface area contributed by atoms with E-state index in [1.54, 1.807) is 0 Å². The van der Waals surface area contributed by atoms with E-state index in [1.807, 2.05) is 0 Å². The molecule has 18 heavy (non-hydrogen) atoms. The van der Waals surface area contributed by atoms with Gasteiger partial charge >= 0.3 is 0 Å². The molecule has 0 fully saturated rings. The minimum atomic E-state index is 1.08. The molecule has 0 radical (unpaired) electrons. The highest BCUT2D eigenvalue weighted by atomic mass is 14.3. The van der Waals surface area contributed by atoms with Crippen molar-refractivity contribution in [2.75, 3.05) is 0 Å². The third-order valence-electron chi connectivity index (χ3n) is 4.31. The third kappa shape index (κ3) is 1.21. The highest BCUT2D eigenvalue weighted by Gasteiger charge is 2.22. The normalized spacial score (nSPS) is 16.5. The van der Waals surface area contributed by atoms with E-state index in [0.29, 0.717) is 0 Å². The minimum absolute atomic E-state index is 1.08. The van der Waals surface area contributed by atoms with Gasteiger partial charge in [0.15, 0.2) is 0 Å². The van der Waals surface area contributed by atoms with E-state index in [2.05, 4.69) is 49.4 Å². The summed E-state index contributed by atoms with van der Waals surface area (Å²) in [5.41, 5.74) is 7.55. The summed E-state index contributed by atoms with van der Waals surface area (Å²) in [6.07, 6.45) is 8.16. The van der Waals surface area contributed by atoms with Gasteiger partial charge in [-0.2, -0.15) is 0 Å². The summed E-state index contributed by atoms with van der Waals surface area (Å²) in [5.74, 6) is 0.